The molecular formula is C44H27N3O. The van der Waals surface area contributed by atoms with Crippen LogP contribution in [0, 0.1) is 0 Å². The number of para-hydroxylation sites is 1. The van der Waals surface area contributed by atoms with Crippen LogP contribution in [-0.4, -0.2) is 15.0 Å². The van der Waals surface area contributed by atoms with E-state index in [4.69, 9.17) is 19.7 Å². The molecule has 1 spiro atoms. The molecule has 0 N–H and O–H groups in total. The van der Waals surface area contributed by atoms with Crippen LogP contribution in [0.2, 0.25) is 0 Å². The SMILES string of the molecule is c1ccc(-c2nc(-c3ccccc3)nc(-c3cccc4cc5c(cc34)Oc3ccccc3C53c4ccccc4-c4ccccc43)n2)cc1. The molecule has 0 fully saturated rings. The zero-order chi connectivity index (χ0) is 31.7. The van der Waals surface area contributed by atoms with E-state index in [1.165, 1.54) is 22.3 Å². The van der Waals surface area contributed by atoms with Crippen molar-refractivity contribution in [2.45, 2.75) is 5.41 Å². The number of nitrogens with zero attached hydrogens (tertiary/aromatic N) is 3. The summed E-state index contributed by atoms with van der Waals surface area (Å²) in [6.07, 6.45) is 0. The van der Waals surface area contributed by atoms with Gasteiger partial charge in [-0.05, 0) is 51.2 Å². The molecule has 0 saturated heterocycles. The van der Waals surface area contributed by atoms with Gasteiger partial charge >= 0.3 is 0 Å². The smallest absolute Gasteiger partial charge is 0.164 e. The maximum Gasteiger partial charge on any atom is 0.164 e. The second-order valence-corrected chi connectivity index (χ2v) is 12.4. The van der Waals surface area contributed by atoms with Gasteiger partial charge in [-0.25, -0.2) is 15.0 Å². The molecule has 0 saturated carbocycles. The van der Waals surface area contributed by atoms with E-state index >= 15 is 0 Å². The van der Waals surface area contributed by atoms with Gasteiger partial charge in [0, 0.05) is 27.8 Å². The van der Waals surface area contributed by atoms with Crippen LogP contribution >= 0.6 is 0 Å². The molecule has 1 aromatic heterocycles. The van der Waals surface area contributed by atoms with E-state index < -0.39 is 5.41 Å². The first-order valence-electron chi connectivity index (χ1n) is 16.2. The number of ether oxygens (including phenoxy) is 1. The van der Waals surface area contributed by atoms with Crippen LogP contribution in [0.4, 0.5) is 0 Å². The van der Waals surface area contributed by atoms with Crippen molar-refractivity contribution in [1.29, 1.82) is 0 Å². The van der Waals surface area contributed by atoms with Gasteiger partial charge in [0.25, 0.3) is 0 Å². The van der Waals surface area contributed by atoms with Gasteiger partial charge in [0.15, 0.2) is 17.5 Å². The van der Waals surface area contributed by atoms with Crippen molar-refractivity contribution >= 4 is 10.8 Å². The maximum absolute atomic E-state index is 6.83. The number of benzene rings is 7. The lowest BCUT2D eigenvalue weighted by atomic mass is 9.66. The normalized spacial score (nSPS) is 13.3. The van der Waals surface area contributed by atoms with Gasteiger partial charge in [-0.2, -0.15) is 0 Å². The van der Waals surface area contributed by atoms with Crippen molar-refractivity contribution in [1.82, 2.24) is 15.0 Å². The van der Waals surface area contributed by atoms with Gasteiger partial charge in [-0.15, -0.1) is 0 Å². The third-order valence-corrected chi connectivity index (χ3v) is 9.79. The van der Waals surface area contributed by atoms with E-state index in [1.54, 1.807) is 0 Å². The Morgan fingerprint density at radius 2 is 0.896 bits per heavy atom. The van der Waals surface area contributed by atoms with Crippen molar-refractivity contribution in [2.75, 3.05) is 0 Å². The predicted octanol–water partition coefficient (Wildman–Crippen LogP) is 10.5. The zero-order valence-electron chi connectivity index (χ0n) is 25.8. The standard InChI is InChI=1S/C44H27N3O/c1-3-14-28(15-4-1)41-45-42(29-16-5-2-6-17-29)47-43(46-41)33-21-13-18-30-26-38-40(27-34(30)33)48-39-25-12-11-24-37(39)44(38)35-22-9-7-19-31(35)32-20-8-10-23-36(32)44/h1-27H. The predicted molar refractivity (Wildman–Crippen MR) is 191 cm³/mol. The Morgan fingerprint density at radius 1 is 0.375 bits per heavy atom. The summed E-state index contributed by atoms with van der Waals surface area (Å²) < 4.78 is 6.83. The quantitative estimate of drug-likeness (QED) is 0.199. The van der Waals surface area contributed by atoms with Crippen LogP contribution in [0.5, 0.6) is 11.5 Å². The van der Waals surface area contributed by atoms with Crippen LogP contribution in [0.1, 0.15) is 22.3 Å². The second-order valence-electron chi connectivity index (χ2n) is 12.4. The third kappa shape index (κ3) is 3.80. The van der Waals surface area contributed by atoms with Crippen molar-refractivity contribution in [3.63, 3.8) is 0 Å². The summed E-state index contributed by atoms with van der Waals surface area (Å²) in [5.74, 6) is 3.60. The van der Waals surface area contributed by atoms with Gasteiger partial charge in [0.2, 0.25) is 0 Å². The molecule has 0 radical (unpaired) electrons. The summed E-state index contributed by atoms with van der Waals surface area (Å²) in [5, 5.41) is 2.12. The summed E-state index contributed by atoms with van der Waals surface area (Å²) in [4.78, 5) is 15.0. The van der Waals surface area contributed by atoms with Crippen LogP contribution in [-0.2, 0) is 5.41 Å². The molecule has 8 aromatic rings. The Hall–Kier alpha value is -6.39. The first-order valence-corrected chi connectivity index (χ1v) is 16.2. The van der Waals surface area contributed by atoms with E-state index in [0.717, 1.165) is 50.1 Å². The van der Waals surface area contributed by atoms with Gasteiger partial charge in [0.1, 0.15) is 11.5 Å². The molecule has 1 aliphatic carbocycles. The molecule has 0 unspecified atom stereocenters. The molecule has 2 heterocycles. The van der Waals surface area contributed by atoms with Crippen molar-refractivity contribution in [3.8, 4) is 56.8 Å². The number of hydrogen-bond acceptors (Lipinski definition) is 4. The highest BCUT2D eigenvalue weighted by Gasteiger charge is 2.51. The lowest BCUT2D eigenvalue weighted by Crippen LogP contribution is -2.32. The average molecular weight is 614 g/mol. The summed E-state index contributed by atoms with van der Waals surface area (Å²) in [6.45, 7) is 0. The fourth-order valence-electron chi connectivity index (χ4n) is 7.75. The molecule has 48 heavy (non-hydrogen) atoms. The molecule has 224 valence electrons. The molecule has 0 amide bonds. The van der Waals surface area contributed by atoms with E-state index in [0.29, 0.717) is 17.5 Å². The first kappa shape index (κ1) is 26.8. The summed E-state index contributed by atoms with van der Waals surface area (Å²) in [5.41, 5.74) is 9.65. The average Bonchev–Trinajstić information content (AvgIpc) is 3.45. The summed E-state index contributed by atoms with van der Waals surface area (Å²) in [6, 6.07) is 57.2. The Labute approximate surface area is 278 Å². The largest absolute Gasteiger partial charge is 0.457 e. The van der Waals surface area contributed by atoms with E-state index in [-0.39, 0.29) is 0 Å². The highest BCUT2D eigenvalue weighted by molar-refractivity contribution is 5.99. The summed E-state index contributed by atoms with van der Waals surface area (Å²) in [7, 11) is 0. The lowest BCUT2D eigenvalue weighted by Gasteiger charge is -2.39. The molecule has 1 aliphatic heterocycles. The van der Waals surface area contributed by atoms with Crippen molar-refractivity contribution in [3.05, 3.63) is 186 Å². The monoisotopic (exact) mass is 613 g/mol. The van der Waals surface area contributed by atoms with E-state index in [1.807, 2.05) is 60.7 Å². The third-order valence-electron chi connectivity index (χ3n) is 9.79. The number of rotatable bonds is 3. The number of aromatic nitrogens is 3. The van der Waals surface area contributed by atoms with Crippen LogP contribution in [0.3, 0.4) is 0 Å². The highest BCUT2D eigenvalue weighted by Crippen LogP contribution is 2.62. The Morgan fingerprint density at radius 3 is 1.54 bits per heavy atom. The molecule has 4 heteroatoms. The Balaban J connectivity index is 1.25. The molecule has 2 aliphatic rings. The molecule has 0 bridgehead atoms. The minimum absolute atomic E-state index is 0.518. The van der Waals surface area contributed by atoms with E-state index in [2.05, 4.69) is 103 Å². The topological polar surface area (TPSA) is 47.9 Å². The molecule has 0 atom stereocenters. The van der Waals surface area contributed by atoms with E-state index in [9.17, 15) is 0 Å². The van der Waals surface area contributed by atoms with Crippen LogP contribution in [0.25, 0.3) is 56.1 Å². The maximum atomic E-state index is 6.83. The number of hydrogen-bond donors (Lipinski definition) is 0. The minimum Gasteiger partial charge on any atom is -0.457 e. The Kier molecular flexibility index (Phi) is 5.75. The fraction of sp³-hybridized carbons (Fsp3) is 0.0227. The lowest BCUT2D eigenvalue weighted by molar-refractivity contribution is 0.437. The Bertz CT molecular complexity index is 2440. The second kappa shape index (κ2) is 10.3. The number of fused-ring (bicyclic) bond motifs is 10. The first-order chi connectivity index (χ1) is 23.8. The molecule has 4 nitrogen and oxygen atoms in total. The van der Waals surface area contributed by atoms with Crippen molar-refractivity contribution < 1.29 is 4.74 Å². The van der Waals surface area contributed by atoms with Gasteiger partial charge < -0.3 is 4.74 Å². The fourth-order valence-corrected chi connectivity index (χ4v) is 7.75. The minimum atomic E-state index is -0.518. The summed E-state index contributed by atoms with van der Waals surface area (Å²) >= 11 is 0. The molecule has 7 aromatic carbocycles. The van der Waals surface area contributed by atoms with Crippen LogP contribution < -0.4 is 4.74 Å². The van der Waals surface area contributed by atoms with Gasteiger partial charge in [-0.3, -0.25) is 0 Å². The van der Waals surface area contributed by atoms with Crippen LogP contribution in [0.15, 0.2) is 164 Å². The van der Waals surface area contributed by atoms with Gasteiger partial charge in [-0.1, -0.05) is 146 Å². The highest BCUT2D eigenvalue weighted by atomic mass is 16.5. The van der Waals surface area contributed by atoms with Gasteiger partial charge in [0.05, 0.1) is 5.41 Å². The molecule has 10 rings (SSSR count). The van der Waals surface area contributed by atoms with Crippen molar-refractivity contribution in [2.24, 2.45) is 0 Å². The zero-order valence-corrected chi connectivity index (χ0v) is 25.8. The molecular weight excluding hydrogens is 587 g/mol.